The van der Waals surface area contributed by atoms with E-state index in [2.05, 4.69) is 25.8 Å². The van der Waals surface area contributed by atoms with Crippen molar-refractivity contribution >= 4 is 34.7 Å². The maximum absolute atomic E-state index is 14.3. The third-order valence-electron chi connectivity index (χ3n) is 8.94. The van der Waals surface area contributed by atoms with Crippen LogP contribution in [0.1, 0.15) is 80.5 Å². The molecule has 56 heavy (non-hydrogen) atoms. The van der Waals surface area contributed by atoms with Gasteiger partial charge in [0.1, 0.15) is 64.4 Å². The van der Waals surface area contributed by atoms with Gasteiger partial charge in [-0.25, -0.2) is 27.3 Å². The predicted octanol–water partition coefficient (Wildman–Crippen LogP) is 6.00. The molecular formula is C35H43F4N9O7S. The molecule has 6 atom stereocenters. The summed E-state index contributed by atoms with van der Waals surface area (Å²) in [5, 5.41) is 25.9. The van der Waals surface area contributed by atoms with Crippen LogP contribution >= 0.6 is 11.3 Å². The molecule has 2 fully saturated rings. The van der Waals surface area contributed by atoms with Crippen molar-refractivity contribution in [2.75, 3.05) is 18.5 Å². The number of ether oxygens (including phenoxy) is 3. The number of aryl methyl sites for hydroxylation is 2. The third-order valence-corrected chi connectivity index (χ3v) is 9.80. The first-order valence-electron chi connectivity index (χ1n) is 17.6. The summed E-state index contributed by atoms with van der Waals surface area (Å²) < 4.78 is 75.4. The highest BCUT2D eigenvalue weighted by Crippen LogP contribution is 2.35. The Kier molecular flexibility index (Phi) is 13.4. The van der Waals surface area contributed by atoms with E-state index in [1.807, 2.05) is 0 Å². The number of hydrogen-bond acceptors (Lipinski definition) is 12. The number of nitrogens with one attached hydrogen (secondary N) is 2. The molecule has 4 N–H and O–H groups in total. The van der Waals surface area contributed by atoms with Crippen molar-refractivity contribution in [3.8, 4) is 10.6 Å². The summed E-state index contributed by atoms with van der Waals surface area (Å²) in [5.41, 5.74) is 5.91. The SMILES string of the molecule is Cn1ncc(NC(=O)c2csc(-c3c(F)cccc3F)n2)c1[C@@H]1CC[C@@H](N)[C@H](F)CO1.Cn1ncc([N+](=O)[O-])c1[C@@H]1CC[C@@H](NC(=O)OC(C)(C)C)[C@H](F)CO1. The number of nitrogens with two attached hydrogens (primary N) is 1. The number of halogens is 4. The van der Waals surface area contributed by atoms with Crippen LogP contribution in [0.3, 0.4) is 0 Å². The summed E-state index contributed by atoms with van der Waals surface area (Å²) in [6.45, 7) is 4.72. The molecule has 2 saturated heterocycles. The summed E-state index contributed by atoms with van der Waals surface area (Å²) in [7, 11) is 3.26. The fourth-order valence-electron chi connectivity index (χ4n) is 6.17. The predicted molar refractivity (Wildman–Crippen MR) is 195 cm³/mol. The van der Waals surface area contributed by atoms with Crippen LogP contribution in [0.25, 0.3) is 10.6 Å². The first-order chi connectivity index (χ1) is 26.4. The Labute approximate surface area is 322 Å². The lowest BCUT2D eigenvalue weighted by Gasteiger charge is -2.24. The van der Waals surface area contributed by atoms with E-state index in [0.29, 0.717) is 30.6 Å². The minimum absolute atomic E-state index is 0.00471. The van der Waals surface area contributed by atoms with Crippen molar-refractivity contribution in [3.63, 3.8) is 0 Å². The smallest absolute Gasteiger partial charge is 0.407 e. The summed E-state index contributed by atoms with van der Waals surface area (Å²) >= 11 is 0.958. The summed E-state index contributed by atoms with van der Waals surface area (Å²) in [6, 6.07) is 2.12. The van der Waals surface area contributed by atoms with Gasteiger partial charge in [0.05, 0.1) is 47.3 Å². The van der Waals surface area contributed by atoms with Gasteiger partial charge in [0.25, 0.3) is 5.91 Å². The molecule has 0 radical (unpaired) electrons. The molecule has 3 aromatic heterocycles. The number of rotatable bonds is 7. The summed E-state index contributed by atoms with van der Waals surface area (Å²) in [6.07, 6.45) is -0.506. The fraction of sp³-hybridized carbons (Fsp3) is 0.514. The number of anilines is 1. The van der Waals surface area contributed by atoms with E-state index in [1.54, 1.807) is 39.5 Å². The Hall–Kier alpha value is -4.99. The van der Waals surface area contributed by atoms with Gasteiger partial charge >= 0.3 is 11.8 Å². The molecule has 1 aromatic carbocycles. The number of nitrogens with zero attached hydrogens (tertiary/aromatic N) is 6. The molecule has 0 spiro atoms. The monoisotopic (exact) mass is 809 g/mol. The Morgan fingerprint density at radius 3 is 2.25 bits per heavy atom. The Bertz CT molecular complexity index is 1990. The molecule has 0 saturated carbocycles. The average molecular weight is 810 g/mol. The number of carbonyl (C=O) groups is 2. The number of amides is 2. The lowest BCUT2D eigenvalue weighted by Crippen LogP contribution is -2.44. The Morgan fingerprint density at radius 1 is 0.982 bits per heavy atom. The van der Waals surface area contributed by atoms with Gasteiger partial charge in [-0.1, -0.05) is 6.07 Å². The van der Waals surface area contributed by atoms with E-state index in [9.17, 15) is 37.3 Å². The molecule has 0 bridgehead atoms. The number of alkyl halides is 2. The summed E-state index contributed by atoms with van der Waals surface area (Å²) in [4.78, 5) is 39.2. The van der Waals surface area contributed by atoms with Gasteiger partial charge in [-0.15, -0.1) is 11.3 Å². The van der Waals surface area contributed by atoms with Crippen molar-refractivity contribution in [2.24, 2.45) is 19.8 Å². The second-order valence-corrected chi connectivity index (χ2v) is 15.1. The van der Waals surface area contributed by atoms with Crippen molar-refractivity contribution < 1.29 is 46.3 Å². The van der Waals surface area contributed by atoms with E-state index >= 15 is 0 Å². The minimum atomic E-state index is -1.44. The highest BCUT2D eigenvalue weighted by molar-refractivity contribution is 7.13. The second kappa shape index (κ2) is 17.9. The number of carbonyl (C=O) groups excluding carboxylic acids is 2. The maximum atomic E-state index is 14.3. The van der Waals surface area contributed by atoms with Crippen LogP contribution in [0.4, 0.5) is 33.7 Å². The normalized spacial score (nSPS) is 22.9. The van der Waals surface area contributed by atoms with Crippen LogP contribution in [0.15, 0.2) is 36.0 Å². The van der Waals surface area contributed by atoms with E-state index in [0.717, 1.165) is 29.7 Å². The zero-order valence-corrected chi connectivity index (χ0v) is 32.0. The zero-order valence-electron chi connectivity index (χ0n) is 31.2. The van der Waals surface area contributed by atoms with Crippen LogP contribution in [-0.2, 0) is 28.3 Å². The van der Waals surface area contributed by atoms with E-state index in [-0.39, 0.29) is 47.3 Å². The van der Waals surface area contributed by atoms with E-state index in [1.165, 1.54) is 22.3 Å². The van der Waals surface area contributed by atoms with E-state index < -0.39 is 70.8 Å². The van der Waals surface area contributed by atoms with Gasteiger partial charge in [-0.2, -0.15) is 10.2 Å². The molecule has 0 unspecified atom stereocenters. The van der Waals surface area contributed by atoms with Gasteiger partial charge in [-0.05, 0) is 58.6 Å². The van der Waals surface area contributed by atoms with Crippen LogP contribution in [-0.4, -0.2) is 84.7 Å². The zero-order chi connectivity index (χ0) is 40.9. The van der Waals surface area contributed by atoms with Gasteiger partial charge in [0, 0.05) is 25.5 Å². The first kappa shape index (κ1) is 42.2. The molecule has 2 aliphatic heterocycles. The van der Waals surface area contributed by atoms with Gasteiger partial charge < -0.3 is 30.6 Å². The number of thiazole rings is 1. The van der Waals surface area contributed by atoms with E-state index in [4.69, 9.17) is 19.9 Å². The lowest BCUT2D eigenvalue weighted by molar-refractivity contribution is -0.386. The summed E-state index contributed by atoms with van der Waals surface area (Å²) in [5.74, 6) is -2.08. The highest BCUT2D eigenvalue weighted by Gasteiger charge is 2.35. The van der Waals surface area contributed by atoms with Crippen molar-refractivity contribution in [1.82, 2.24) is 29.9 Å². The third kappa shape index (κ3) is 10.2. The van der Waals surface area contributed by atoms with Crippen LogP contribution < -0.4 is 16.4 Å². The van der Waals surface area contributed by atoms with Crippen LogP contribution in [0.5, 0.6) is 0 Å². The standard InChI is InChI=1S/C20H20F3N5O2S.C15H23FN4O5/c1-28-18(16-6-5-13(24)12(23)8-30-16)14(7-25-28)26-19(29)15-9-31-20(27-15)17-10(21)3-2-4-11(17)22;1-15(2,3)25-14(21)18-10-5-6-12(24-8-9(10)16)13-11(20(22)23)7-17-19(13)4/h2-4,7,9,12-13,16H,5-6,8,24H2,1H3,(H,26,29);7,9-10,12H,5-6,8H2,1-4H3,(H,18,21)/t12-,13-,16+;9-,10-,12+/m11/s1. The number of alkyl carbamates (subject to hydrolysis) is 1. The topological polar surface area (TPSA) is 204 Å². The largest absolute Gasteiger partial charge is 0.444 e. The van der Waals surface area contributed by atoms with Gasteiger partial charge in [0.15, 0.2) is 0 Å². The van der Waals surface area contributed by atoms with Crippen molar-refractivity contribution in [3.05, 3.63) is 74.8 Å². The molecule has 16 nitrogen and oxygen atoms in total. The first-order valence-corrected chi connectivity index (χ1v) is 18.5. The minimum Gasteiger partial charge on any atom is -0.444 e. The molecule has 2 amide bonds. The lowest BCUT2D eigenvalue weighted by atomic mass is 10.0. The fourth-order valence-corrected chi connectivity index (χ4v) is 7.01. The number of hydrogen-bond donors (Lipinski definition) is 3. The number of nitro groups is 1. The molecule has 21 heteroatoms. The molecule has 304 valence electrons. The average Bonchev–Trinajstić information content (AvgIpc) is 3.79. The molecule has 4 aromatic rings. The molecule has 5 heterocycles. The van der Waals surface area contributed by atoms with Crippen molar-refractivity contribution in [1.29, 1.82) is 0 Å². The molecular weight excluding hydrogens is 766 g/mol. The molecule has 2 aliphatic rings. The second-order valence-electron chi connectivity index (χ2n) is 14.2. The quantitative estimate of drug-likeness (QED) is 0.112. The van der Waals surface area contributed by atoms with Crippen LogP contribution in [0, 0.1) is 21.7 Å². The number of benzene rings is 1. The molecule has 0 aliphatic carbocycles. The Morgan fingerprint density at radius 2 is 1.59 bits per heavy atom. The molecule has 6 rings (SSSR count). The maximum Gasteiger partial charge on any atom is 0.407 e. The van der Waals surface area contributed by atoms with Gasteiger partial charge in [-0.3, -0.25) is 24.3 Å². The Balaban J connectivity index is 0.000000220. The van der Waals surface area contributed by atoms with Crippen LogP contribution in [0.2, 0.25) is 0 Å². The van der Waals surface area contributed by atoms with Gasteiger partial charge in [0.2, 0.25) is 0 Å². The highest BCUT2D eigenvalue weighted by atomic mass is 32.1. The van der Waals surface area contributed by atoms with Crippen molar-refractivity contribution in [2.45, 2.75) is 88.7 Å². The number of aromatic nitrogens is 5.